The Bertz CT molecular complexity index is 614. The number of carbonyl (C=O) groups excluding carboxylic acids is 1. The summed E-state index contributed by atoms with van der Waals surface area (Å²) in [6, 6.07) is 3.11. The van der Waals surface area contributed by atoms with Gasteiger partial charge in [-0.2, -0.15) is 0 Å². The van der Waals surface area contributed by atoms with E-state index < -0.39 is 24.1 Å². The van der Waals surface area contributed by atoms with Gasteiger partial charge in [-0.15, -0.1) is 0 Å². The van der Waals surface area contributed by atoms with Crippen LogP contribution in [0, 0.1) is 5.82 Å². The highest BCUT2D eigenvalue weighted by Crippen LogP contribution is 2.37. The van der Waals surface area contributed by atoms with Gasteiger partial charge in [-0.1, -0.05) is 6.07 Å². The van der Waals surface area contributed by atoms with Crippen LogP contribution < -0.4 is 10.2 Å². The summed E-state index contributed by atoms with van der Waals surface area (Å²) in [4.78, 5) is 11.4. The maximum Gasteiger partial charge on any atom is 0.494 e. The number of halogens is 1. The molecule has 1 aromatic carbocycles. The van der Waals surface area contributed by atoms with E-state index >= 15 is 0 Å². The average Bonchev–Trinajstić information content (AvgIpc) is 2.72. The summed E-state index contributed by atoms with van der Waals surface area (Å²) in [6.45, 7) is 7.74. The molecule has 0 spiro atoms. The Morgan fingerprint density at radius 3 is 2.25 bits per heavy atom. The predicted molar refractivity (Wildman–Crippen MR) is 89.0 cm³/mol. The zero-order valence-electron chi connectivity index (χ0n) is 15.1. The van der Waals surface area contributed by atoms with Crippen LogP contribution >= 0.6 is 0 Å². The first-order chi connectivity index (χ1) is 11.1. The standard InChI is InChI=1S/C17H24BFO5/c1-16(2)17(3,4)24-18(23-16)12-9-11(7-8-14(20)21-5)15(22-6)13(19)10-12/h9-10H,7-8H2,1-6H3. The molecule has 1 aromatic rings. The van der Waals surface area contributed by atoms with Gasteiger partial charge in [-0.05, 0) is 51.2 Å². The van der Waals surface area contributed by atoms with Crippen LogP contribution in [0.25, 0.3) is 0 Å². The van der Waals surface area contributed by atoms with Crippen LogP contribution in [0.15, 0.2) is 12.1 Å². The molecule has 1 fully saturated rings. The van der Waals surface area contributed by atoms with Crippen molar-refractivity contribution in [1.29, 1.82) is 0 Å². The summed E-state index contributed by atoms with van der Waals surface area (Å²) in [5.41, 5.74) is 0.111. The molecular formula is C17H24BFO5. The smallest absolute Gasteiger partial charge is 0.493 e. The maximum atomic E-state index is 14.4. The summed E-state index contributed by atoms with van der Waals surface area (Å²) < 4.78 is 36.1. The Hall–Kier alpha value is -1.60. The lowest BCUT2D eigenvalue weighted by Crippen LogP contribution is -2.41. The van der Waals surface area contributed by atoms with Gasteiger partial charge in [-0.25, -0.2) is 4.39 Å². The Balaban J connectivity index is 2.32. The van der Waals surface area contributed by atoms with Crippen LogP contribution in [0.1, 0.15) is 39.7 Å². The van der Waals surface area contributed by atoms with Crippen molar-refractivity contribution in [2.75, 3.05) is 14.2 Å². The second-order valence-electron chi connectivity index (χ2n) is 6.86. The lowest BCUT2D eigenvalue weighted by molar-refractivity contribution is -0.140. The topological polar surface area (TPSA) is 54.0 Å². The lowest BCUT2D eigenvalue weighted by Gasteiger charge is -2.32. The highest BCUT2D eigenvalue weighted by atomic mass is 19.1. The summed E-state index contributed by atoms with van der Waals surface area (Å²) in [6.07, 6.45) is 0.444. The Morgan fingerprint density at radius 1 is 1.17 bits per heavy atom. The quantitative estimate of drug-likeness (QED) is 0.609. The van der Waals surface area contributed by atoms with Crippen LogP contribution in [0.3, 0.4) is 0 Å². The van der Waals surface area contributed by atoms with Gasteiger partial charge in [0.15, 0.2) is 11.6 Å². The van der Waals surface area contributed by atoms with Crippen molar-refractivity contribution in [2.45, 2.75) is 51.7 Å². The van der Waals surface area contributed by atoms with Gasteiger partial charge in [0.2, 0.25) is 0 Å². The molecule has 0 radical (unpaired) electrons. The number of methoxy groups -OCH3 is 2. The van der Waals surface area contributed by atoms with Crippen molar-refractivity contribution in [2.24, 2.45) is 0 Å². The fourth-order valence-corrected chi connectivity index (χ4v) is 2.54. The van der Waals surface area contributed by atoms with Crippen molar-refractivity contribution in [3.8, 4) is 5.75 Å². The number of ether oxygens (including phenoxy) is 2. The first-order valence-electron chi connectivity index (χ1n) is 7.90. The monoisotopic (exact) mass is 338 g/mol. The Labute approximate surface area is 142 Å². The molecule has 1 aliphatic heterocycles. The molecule has 132 valence electrons. The molecule has 2 rings (SSSR count). The first-order valence-corrected chi connectivity index (χ1v) is 7.90. The number of rotatable bonds is 5. The largest absolute Gasteiger partial charge is 0.494 e. The van der Waals surface area contributed by atoms with Crippen molar-refractivity contribution >= 4 is 18.6 Å². The van der Waals surface area contributed by atoms with E-state index in [1.807, 2.05) is 27.7 Å². The van der Waals surface area contributed by atoms with Crippen LogP contribution in [-0.4, -0.2) is 38.5 Å². The molecule has 0 aliphatic carbocycles. The predicted octanol–water partition coefficient (Wildman–Crippen LogP) is 2.24. The summed E-state index contributed by atoms with van der Waals surface area (Å²) in [7, 11) is 2.04. The minimum atomic E-state index is -0.674. The van der Waals surface area contributed by atoms with Gasteiger partial charge in [0.05, 0.1) is 25.4 Å². The average molecular weight is 338 g/mol. The number of benzene rings is 1. The third-order valence-corrected chi connectivity index (χ3v) is 4.70. The Kier molecular flexibility index (Phi) is 5.25. The molecule has 1 aliphatic rings. The fraction of sp³-hybridized carbons (Fsp3) is 0.588. The molecule has 0 N–H and O–H groups in total. The van der Waals surface area contributed by atoms with Gasteiger partial charge in [-0.3, -0.25) is 4.79 Å². The number of aryl methyl sites for hydroxylation is 1. The van der Waals surface area contributed by atoms with Gasteiger partial charge >= 0.3 is 13.1 Å². The molecule has 0 saturated carbocycles. The Morgan fingerprint density at radius 2 is 1.75 bits per heavy atom. The van der Waals surface area contributed by atoms with Crippen LogP contribution in [0.5, 0.6) is 5.75 Å². The van der Waals surface area contributed by atoms with E-state index in [1.165, 1.54) is 20.3 Å². The normalized spacial score (nSPS) is 18.5. The SMILES string of the molecule is COC(=O)CCc1cc(B2OC(C)(C)C(C)(C)O2)cc(F)c1OC. The minimum Gasteiger partial charge on any atom is -0.493 e. The zero-order chi connectivity index (χ0) is 18.1. The van der Waals surface area contributed by atoms with Crippen LogP contribution in [0.2, 0.25) is 0 Å². The lowest BCUT2D eigenvalue weighted by atomic mass is 9.78. The molecule has 24 heavy (non-hydrogen) atoms. The van der Waals surface area contributed by atoms with Crippen molar-refractivity contribution in [3.63, 3.8) is 0 Å². The van der Waals surface area contributed by atoms with Crippen molar-refractivity contribution in [1.82, 2.24) is 0 Å². The van der Waals surface area contributed by atoms with E-state index in [9.17, 15) is 9.18 Å². The maximum absolute atomic E-state index is 14.4. The second kappa shape index (κ2) is 6.72. The molecule has 1 saturated heterocycles. The third kappa shape index (κ3) is 3.57. The molecule has 5 nitrogen and oxygen atoms in total. The van der Waals surface area contributed by atoms with E-state index in [-0.39, 0.29) is 18.1 Å². The van der Waals surface area contributed by atoms with E-state index in [4.69, 9.17) is 14.0 Å². The van der Waals surface area contributed by atoms with E-state index in [1.54, 1.807) is 6.07 Å². The van der Waals surface area contributed by atoms with E-state index in [0.29, 0.717) is 17.4 Å². The minimum absolute atomic E-state index is 0.124. The molecule has 0 amide bonds. The van der Waals surface area contributed by atoms with Gasteiger partial charge in [0.25, 0.3) is 0 Å². The molecule has 0 atom stereocenters. The fourth-order valence-electron chi connectivity index (χ4n) is 2.54. The molecule has 7 heteroatoms. The molecule has 0 aromatic heterocycles. The number of hydrogen-bond acceptors (Lipinski definition) is 5. The molecular weight excluding hydrogens is 314 g/mol. The van der Waals surface area contributed by atoms with Crippen LogP contribution in [-0.2, 0) is 25.3 Å². The highest BCUT2D eigenvalue weighted by molar-refractivity contribution is 6.62. The number of carbonyl (C=O) groups is 1. The van der Waals surface area contributed by atoms with E-state index in [0.717, 1.165) is 0 Å². The van der Waals surface area contributed by atoms with Gasteiger partial charge < -0.3 is 18.8 Å². The van der Waals surface area contributed by atoms with Crippen molar-refractivity contribution in [3.05, 3.63) is 23.5 Å². The van der Waals surface area contributed by atoms with Gasteiger partial charge in [0, 0.05) is 6.42 Å². The summed E-state index contributed by atoms with van der Waals surface area (Å²) >= 11 is 0. The summed E-state index contributed by atoms with van der Waals surface area (Å²) in [5, 5.41) is 0. The zero-order valence-corrected chi connectivity index (χ0v) is 15.1. The van der Waals surface area contributed by atoms with E-state index in [2.05, 4.69) is 4.74 Å². The molecule has 0 unspecified atom stereocenters. The second-order valence-corrected chi connectivity index (χ2v) is 6.86. The van der Waals surface area contributed by atoms with Gasteiger partial charge in [0.1, 0.15) is 0 Å². The summed E-state index contributed by atoms with van der Waals surface area (Å²) in [5.74, 6) is -0.748. The number of hydrogen-bond donors (Lipinski definition) is 0. The first kappa shape index (κ1) is 18.7. The highest BCUT2D eigenvalue weighted by Gasteiger charge is 2.51. The van der Waals surface area contributed by atoms with Crippen LogP contribution in [0.4, 0.5) is 4.39 Å². The number of esters is 1. The third-order valence-electron chi connectivity index (χ3n) is 4.70. The van der Waals surface area contributed by atoms with Crippen molar-refractivity contribution < 1.29 is 28.0 Å². The molecule has 0 bridgehead atoms. The molecule has 1 heterocycles.